The summed E-state index contributed by atoms with van der Waals surface area (Å²) in [5.41, 5.74) is 1.18. The van der Waals surface area contributed by atoms with Crippen LogP contribution in [0.5, 0.6) is 5.75 Å². The highest BCUT2D eigenvalue weighted by molar-refractivity contribution is 5.81. The topological polar surface area (TPSA) is 65.1 Å². The first-order valence-electron chi connectivity index (χ1n) is 10.9. The standard InChI is InChI=1S/C23H33NO5/c1-27-19-14-12-18(13-15-19)8-7-17-28-22(25)21-11-5-6-16-24(21)23(26)29-20-9-3-2-4-10-20/h12-15,20-21H,2-11,16-17H2,1H3/t21-/m0/s1. The van der Waals surface area contributed by atoms with Crippen LogP contribution >= 0.6 is 0 Å². The zero-order valence-corrected chi connectivity index (χ0v) is 17.4. The lowest BCUT2D eigenvalue weighted by Gasteiger charge is -2.34. The number of methoxy groups -OCH3 is 1. The predicted molar refractivity (Wildman–Crippen MR) is 110 cm³/mol. The number of hydrogen-bond donors (Lipinski definition) is 0. The Morgan fingerprint density at radius 2 is 1.72 bits per heavy atom. The van der Waals surface area contributed by atoms with Gasteiger partial charge in [0.2, 0.25) is 0 Å². The summed E-state index contributed by atoms with van der Waals surface area (Å²) in [6.07, 6.45) is 9.00. The van der Waals surface area contributed by atoms with Gasteiger partial charge >= 0.3 is 12.1 Å². The van der Waals surface area contributed by atoms with E-state index in [4.69, 9.17) is 14.2 Å². The molecule has 1 amide bonds. The molecule has 6 nitrogen and oxygen atoms in total. The second kappa shape index (κ2) is 11.1. The predicted octanol–water partition coefficient (Wildman–Crippen LogP) is 4.49. The van der Waals surface area contributed by atoms with Crippen molar-refractivity contribution < 1.29 is 23.8 Å². The molecule has 160 valence electrons. The number of carbonyl (C=O) groups is 2. The van der Waals surface area contributed by atoms with Gasteiger partial charge in [-0.05, 0) is 75.5 Å². The molecule has 29 heavy (non-hydrogen) atoms. The third-order valence-electron chi connectivity index (χ3n) is 5.84. The van der Waals surface area contributed by atoms with Gasteiger partial charge in [-0.15, -0.1) is 0 Å². The summed E-state index contributed by atoms with van der Waals surface area (Å²) in [6, 6.07) is 7.38. The first-order valence-corrected chi connectivity index (χ1v) is 10.9. The van der Waals surface area contributed by atoms with Crippen molar-refractivity contribution in [1.82, 2.24) is 4.90 Å². The van der Waals surface area contributed by atoms with Crippen LogP contribution in [0.3, 0.4) is 0 Å². The molecule has 1 aliphatic heterocycles. The summed E-state index contributed by atoms with van der Waals surface area (Å²) < 4.78 is 16.3. The van der Waals surface area contributed by atoms with Crippen molar-refractivity contribution in [3.05, 3.63) is 29.8 Å². The molecule has 0 unspecified atom stereocenters. The number of piperidine rings is 1. The van der Waals surface area contributed by atoms with Gasteiger partial charge in [0.05, 0.1) is 13.7 Å². The monoisotopic (exact) mass is 403 g/mol. The van der Waals surface area contributed by atoms with E-state index in [1.54, 1.807) is 12.0 Å². The molecule has 0 N–H and O–H groups in total. The normalized spacial score (nSPS) is 20.2. The van der Waals surface area contributed by atoms with Crippen LogP contribution < -0.4 is 4.74 Å². The molecule has 0 aromatic heterocycles. The van der Waals surface area contributed by atoms with Crippen LogP contribution in [0.15, 0.2) is 24.3 Å². The second-order valence-corrected chi connectivity index (χ2v) is 7.97. The maximum Gasteiger partial charge on any atom is 0.410 e. The van der Waals surface area contributed by atoms with Gasteiger partial charge in [-0.1, -0.05) is 18.6 Å². The van der Waals surface area contributed by atoms with E-state index in [2.05, 4.69) is 0 Å². The Hall–Kier alpha value is -2.24. The summed E-state index contributed by atoms with van der Waals surface area (Å²) in [6.45, 7) is 0.921. The van der Waals surface area contributed by atoms with Crippen LogP contribution in [0.25, 0.3) is 0 Å². The average Bonchev–Trinajstić information content (AvgIpc) is 2.77. The largest absolute Gasteiger partial charge is 0.497 e. The fourth-order valence-electron chi connectivity index (χ4n) is 4.13. The van der Waals surface area contributed by atoms with E-state index in [1.165, 1.54) is 12.0 Å². The number of carbonyl (C=O) groups excluding carboxylic acids is 2. The van der Waals surface area contributed by atoms with Crippen molar-refractivity contribution in [2.45, 2.75) is 76.4 Å². The smallest absolute Gasteiger partial charge is 0.410 e. The van der Waals surface area contributed by atoms with Crippen LogP contribution in [0.4, 0.5) is 4.79 Å². The molecule has 1 aliphatic carbocycles. The molecule has 0 spiro atoms. The first-order chi connectivity index (χ1) is 14.2. The summed E-state index contributed by atoms with van der Waals surface area (Å²) in [5.74, 6) is 0.526. The van der Waals surface area contributed by atoms with E-state index in [1.807, 2.05) is 24.3 Å². The van der Waals surface area contributed by atoms with Crippen molar-refractivity contribution in [3.8, 4) is 5.75 Å². The van der Waals surface area contributed by atoms with E-state index in [0.29, 0.717) is 19.6 Å². The number of rotatable bonds is 7. The van der Waals surface area contributed by atoms with Crippen LogP contribution in [0.2, 0.25) is 0 Å². The van der Waals surface area contributed by atoms with Crippen molar-refractivity contribution in [2.75, 3.05) is 20.3 Å². The van der Waals surface area contributed by atoms with Crippen LogP contribution in [0, 0.1) is 0 Å². The van der Waals surface area contributed by atoms with Gasteiger partial charge in [-0.25, -0.2) is 9.59 Å². The fourth-order valence-corrected chi connectivity index (χ4v) is 4.13. The number of amides is 1. The lowest BCUT2D eigenvalue weighted by molar-refractivity contribution is -0.151. The zero-order valence-electron chi connectivity index (χ0n) is 17.4. The van der Waals surface area contributed by atoms with Gasteiger partial charge in [0.25, 0.3) is 0 Å². The average molecular weight is 404 g/mol. The minimum absolute atomic E-state index is 0.000608. The molecule has 1 atom stereocenters. The van der Waals surface area contributed by atoms with Crippen molar-refractivity contribution in [1.29, 1.82) is 0 Å². The molecule has 0 radical (unpaired) electrons. The van der Waals surface area contributed by atoms with Crippen molar-refractivity contribution >= 4 is 12.1 Å². The lowest BCUT2D eigenvalue weighted by atomic mass is 9.98. The summed E-state index contributed by atoms with van der Waals surface area (Å²) in [4.78, 5) is 26.8. The minimum atomic E-state index is -0.513. The molecule has 1 saturated carbocycles. The van der Waals surface area contributed by atoms with Gasteiger partial charge in [0.1, 0.15) is 17.9 Å². The molecule has 1 aromatic carbocycles. The zero-order chi connectivity index (χ0) is 20.5. The number of esters is 1. The molecular formula is C23H33NO5. The summed E-state index contributed by atoms with van der Waals surface area (Å²) >= 11 is 0. The molecule has 2 fully saturated rings. The number of likely N-dealkylation sites (tertiary alicyclic amines) is 1. The maximum absolute atomic E-state index is 12.6. The van der Waals surface area contributed by atoms with E-state index in [0.717, 1.165) is 57.1 Å². The molecule has 1 aromatic rings. The number of ether oxygens (including phenoxy) is 3. The minimum Gasteiger partial charge on any atom is -0.497 e. The van der Waals surface area contributed by atoms with Crippen LogP contribution in [0.1, 0.15) is 63.4 Å². The molecule has 3 rings (SSSR count). The van der Waals surface area contributed by atoms with Gasteiger partial charge in [-0.2, -0.15) is 0 Å². The summed E-state index contributed by atoms with van der Waals surface area (Å²) in [5, 5.41) is 0. The maximum atomic E-state index is 12.6. The Balaban J connectivity index is 1.43. The quantitative estimate of drug-likeness (QED) is 0.496. The molecule has 0 bridgehead atoms. The number of benzene rings is 1. The van der Waals surface area contributed by atoms with Gasteiger partial charge in [0.15, 0.2) is 0 Å². The number of hydrogen-bond acceptors (Lipinski definition) is 5. The highest BCUT2D eigenvalue weighted by Gasteiger charge is 2.35. The fraction of sp³-hybridized carbons (Fsp3) is 0.652. The molecule has 2 aliphatic rings. The lowest BCUT2D eigenvalue weighted by Crippen LogP contribution is -2.49. The number of aryl methyl sites for hydroxylation is 1. The first kappa shape index (κ1) is 21.5. The van der Waals surface area contributed by atoms with E-state index < -0.39 is 6.04 Å². The second-order valence-electron chi connectivity index (χ2n) is 7.97. The highest BCUT2D eigenvalue weighted by atomic mass is 16.6. The summed E-state index contributed by atoms with van der Waals surface area (Å²) in [7, 11) is 1.65. The van der Waals surface area contributed by atoms with Crippen molar-refractivity contribution in [2.24, 2.45) is 0 Å². The van der Waals surface area contributed by atoms with Gasteiger partial charge in [-0.3, -0.25) is 4.90 Å². The Bertz CT molecular complexity index is 654. The Labute approximate surface area is 173 Å². The molecule has 1 saturated heterocycles. The third-order valence-corrected chi connectivity index (χ3v) is 5.84. The number of nitrogens with zero attached hydrogens (tertiary/aromatic N) is 1. The van der Waals surface area contributed by atoms with E-state index >= 15 is 0 Å². The Morgan fingerprint density at radius 1 is 1.00 bits per heavy atom. The van der Waals surface area contributed by atoms with Crippen LogP contribution in [-0.4, -0.2) is 49.4 Å². The van der Waals surface area contributed by atoms with E-state index in [9.17, 15) is 9.59 Å². The Kier molecular flexibility index (Phi) is 8.20. The van der Waals surface area contributed by atoms with E-state index in [-0.39, 0.29) is 18.2 Å². The van der Waals surface area contributed by atoms with Gasteiger partial charge < -0.3 is 14.2 Å². The SMILES string of the molecule is COc1ccc(CCCOC(=O)[C@@H]2CCCCN2C(=O)OC2CCCCC2)cc1. The van der Waals surface area contributed by atoms with Crippen molar-refractivity contribution in [3.63, 3.8) is 0 Å². The highest BCUT2D eigenvalue weighted by Crippen LogP contribution is 2.24. The van der Waals surface area contributed by atoms with Crippen LogP contribution in [-0.2, 0) is 20.7 Å². The van der Waals surface area contributed by atoms with Gasteiger partial charge in [0, 0.05) is 6.54 Å². The molecule has 6 heteroatoms. The molecular weight excluding hydrogens is 370 g/mol. The Morgan fingerprint density at radius 3 is 2.45 bits per heavy atom. The molecule has 1 heterocycles. The third kappa shape index (κ3) is 6.38.